The van der Waals surface area contributed by atoms with Crippen LogP contribution in [-0.2, 0) is 9.59 Å². The van der Waals surface area contributed by atoms with Gasteiger partial charge in [-0.2, -0.15) is 0 Å². The fourth-order valence-electron chi connectivity index (χ4n) is 3.65. The Bertz CT molecular complexity index is 596. The van der Waals surface area contributed by atoms with Gasteiger partial charge in [0.2, 0.25) is 11.8 Å². The minimum Gasteiger partial charge on any atom is -0.371 e. The molecule has 1 saturated carbocycles. The number of likely N-dealkylation sites (tertiary alicyclic amines) is 1. The molecule has 1 N–H and O–H groups in total. The van der Waals surface area contributed by atoms with Gasteiger partial charge in [-0.15, -0.1) is 0 Å². The first kappa shape index (κ1) is 17.8. The van der Waals surface area contributed by atoms with Crippen LogP contribution < -0.4 is 10.2 Å². The first-order valence-electron chi connectivity index (χ1n) is 9.39. The van der Waals surface area contributed by atoms with E-state index < -0.39 is 0 Å². The van der Waals surface area contributed by atoms with Crippen molar-refractivity contribution in [1.29, 1.82) is 0 Å². The predicted octanol–water partition coefficient (Wildman–Crippen LogP) is 2.28. The third-order valence-corrected chi connectivity index (χ3v) is 5.61. The Morgan fingerprint density at radius 3 is 2.44 bits per heavy atom. The number of amides is 2. The van der Waals surface area contributed by atoms with Crippen molar-refractivity contribution in [2.75, 3.05) is 31.6 Å². The second-order valence-electron chi connectivity index (χ2n) is 7.42. The number of piperidine rings is 1. The van der Waals surface area contributed by atoms with Crippen LogP contribution in [-0.4, -0.2) is 49.4 Å². The lowest BCUT2D eigenvalue weighted by Crippen LogP contribution is -2.46. The number of hydrogen-bond donors (Lipinski definition) is 1. The van der Waals surface area contributed by atoms with Crippen LogP contribution >= 0.6 is 0 Å². The minimum atomic E-state index is 0.114. The Morgan fingerprint density at radius 2 is 1.84 bits per heavy atom. The second-order valence-corrected chi connectivity index (χ2v) is 7.42. The smallest absolute Gasteiger partial charge is 0.224 e. The van der Waals surface area contributed by atoms with Crippen molar-refractivity contribution in [2.45, 2.75) is 38.6 Å². The van der Waals surface area contributed by atoms with Gasteiger partial charge in [0.15, 0.2) is 0 Å². The highest BCUT2D eigenvalue weighted by molar-refractivity contribution is 5.82. The van der Waals surface area contributed by atoms with Gasteiger partial charge in [0.1, 0.15) is 0 Å². The maximum absolute atomic E-state index is 12.3. The summed E-state index contributed by atoms with van der Waals surface area (Å²) < 4.78 is 0. The number of hydrogen-bond acceptors (Lipinski definition) is 3. The average Bonchev–Trinajstić information content (AvgIpc) is 3.38. The number of benzene rings is 1. The van der Waals surface area contributed by atoms with E-state index in [1.807, 2.05) is 11.0 Å². The molecule has 2 atom stereocenters. The molecule has 0 aromatic heterocycles. The van der Waals surface area contributed by atoms with Crippen LogP contribution in [0.4, 0.5) is 5.69 Å². The molecule has 136 valence electrons. The summed E-state index contributed by atoms with van der Waals surface area (Å²) >= 11 is 0. The summed E-state index contributed by atoms with van der Waals surface area (Å²) in [6.45, 7) is 4.15. The highest BCUT2D eigenvalue weighted by Crippen LogP contribution is 2.37. The van der Waals surface area contributed by atoms with Gasteiger partial charge in [0.05, 0.1) is 0 Å². The van der Waals surface area contributed by atoms with Gasteiger partial charge in [0.25, 0.3) is 0 Å². The molecule has 1 aromatic rings. The molecular weight excluding hydrogens is 314 g/mol. The van der Waals surface area contributed by atoms with Crippen molar-refractivity contribution in [3.63, 3.8) is 0 Å². The number of para-hydroxylation sites is 1. The van der Waals surface area contributed by atoms with E-state index in [1.165, 1.54) is 5.69 Å². The summed E-state index contributed by atoms with van der Waals surface area (Å²) in [5.41, 5.74) is 1.23. The molecule has 25 heavy (non-hydrogen) atoms. The molecule has 1 saturated heterocycles. The van der Waals surface area contributed by atoms with E-state index >= 15 is 0 Å². The second kappa shape index (κ2) is 7.89. The third-order valence-electron chi connectivity index (χ3n) is 5.61. The zero-order valence-corrected chi connectivity index (χ0v) is 15.3. The number of nitrogens with one attached hydrogen (secondary N) is 1. The van der Waals surface area contributed by atoms with Crippen molar-refractivity contribution < 1.29 is 9.59 Å². The van der Waals surface area contributed by atoms with Crippen LogP contribution in [0.5, 0.6) is 0 Å². The average molecular weight is 343 g/mol. The Hall–Kier alpha value is -2.04. The largest absolute Gasteiger partial charge is 0.371 e. The standard InChI is InChI=1S/C20H29N3O2/c1-15-14-18(15)20(25)21-11-8-19(24)23-12-9-17(10-13-23)22(2)16-6-4-3-5-7-16/h3-7,15,17-18H,8-14H2,1-2H3,(H,21,25)/t15-,18+/m0/s1. The van der Waals surface area contributed by atoms with Crippen molar-refractivity contribution >= 4 is 17.5 Å². The van der Waals surface area contributed by atoms with Gasteiger partial charge < -0.3 is 15.1 Å². The normalized spacial score (nSPS) is 23.2. The molecule has 0 spiro atoms. The summed E-state index contributed by atoms with van der Waals surface area (Å²) in [6.07, 6.45) is 3.38. The molecule has 1 heterocycles. The number of rotatable bonds is 6. The van der Waals surface area contributed by atoms with Crippen LogP contribution in [0.15, 0.2) is 30.3 Å². The fourth-order valence-corrected chi connectivity index (χ4v) is 3.65. The molecule has 2 aliphatic rings. The summed E-state index contributed by atoms with van der Waals surface area (Å²) in [4.78, 5) is 28.4. The van der Waals surface area contributed by atoms with Crippen molar-refractivity contribution in [2.24, 2.45) is 11.8 Å². The Kier molecular flexibility index (Phi) is 5.61. The van der Waals surface area contributed by atoms with Crippen molar-refractivity contribution in [1.82, 2.24) is 10.2 Å². The molecule has 3 rings (SSSR count). The maximum Gasteiger partial charge on any atom is 0.224 e. The van der Waals surface area contributed by atoms with Gasteiger partial charge in [-0.3, -0.25) is 9.59 Å². The molecule has 0 radical (unpaired) electrons. The van der Waals surface area contributed by atoms with Crippen molar-refractivity contribution in [3.05, 3.63) is 30.3 Å². The molecule has 1 aromatic carbocycles. The molecule has 5 heteroatoms. The van der Waals surface area contributed by atoms with E-state index in [0.717, 1.165) is 32.4 Å². The van der Waals surface area contributed by atoms with Gasteiger partial charge in [-0.1, -0.05) is 25.1 Å². The molecular formula is C20H29N3O2. The van der Waals surface area contributed by atoms with Gasteiger partial charge in [0, 0.05) is 50.7 Å². The highest BCUT2D eigenvalue weighted by Gasteiger charge is 2.38. The molecule has 1 aliphatic heterocycles. The van der Waals surface area contributed by atoms with Gasteiger partial charge in [-0.25, -0.2) is 0 Å². The number of nitrogens with zero attached hydrogens (tertiary/aromatic N) is 2. The Morgan fingerprint density at radius 1 is 1.20 bits per heavy atom. The molecule has 0 unspecified atom stereocenters. The molecule has 2 fully saturated rings. The SMILES string of the molecule is C[C@H]1C[C@H]1C(=O)NCCC(=O)N1CCC(N(C)c2ccccc2)CC1. The molecule has 5 nitrogen and oxygen atoms in total. The van der Waals surface area contributed by atoms with Crippen molar-refractivity contribution in [3.8, 4) is 0 Å². The predicted molar refractivity (Wildman–Crippen MR) is 99.3 cm³/mol. The third kappa shape index (κ3) is 4.53. The fraction of sp³-hybridized carbons (Fsp3) is 0.600. The first-order chi connectivity index (χ1) is 12.1. The van der Waals surface area contributed by atoms with E-state index in [2.05, 4.69) is 48.5 Å². The van der Waals surface area contributed by atoms with E-state index in [0.29, 0.717) is 24.9 Å². The summed E-state index contributed by atoms with van der Waals surface area (Å²) in [7, 11) is 2.13. The molecule has 1 aliphatic carbocycles. The molecule has 0 bridgehead atoms. The van der Waals surface area contributed by atoms with Crippen LogP contribution in [0.1, 0.15) is 32.6 Å². The lowest BCUT2D eigenvalue weighted by Gasteiger charge is -2.38. The minimum absolute atomic E-state index is 0.114. The van der Waals surface area contributed by atoms with Crippen LogP contribution in [0.3, 0.4) is 0 Å². The van der Waals surface area contributed by atoms with E-state index in [9.17, 15) is 9.59 Å². The number of carbonyl (C=O) groups is 2. The summed E-state index contributed by atoms with van der Waals surface area (Å²) in [5.74, 6) is 0.962. The zero-order valence-electron chi connectivity index (χ0n) is 15.3. The van der Waals surface area contributed by atoms with Crippen LogP contribution in [0.25, 0.3) is 0 Å². The van der Waals surface area contributed by atoms with E-state index in [1.54, 1.807) is 0 Å². The topological polar surface area (TPSA) is 52.7 Å². The number of carbonyl (C=O) groups excluding carboxylic acids is 2. The highest BCUT2D eigenvalue weighted by atomic mass is 16.2. The van der Waals surface area contributed by atoms with E-state index in [4.69, 9.17) is 0 Å². The first-order valence-corrected chi connectivity index (χ1v) is 9.39. The lowest BCUT2D eigenvalue weighted by molar-refractivity contribution is -0.132. The Labute approximate surface area is 150 Å². The lowest BCUT2D eigenvalue weighted by atomic mass is 10.0. The number of anilines is 1. The van der Waals surface area contributed by atoms with Crippen LogP contribution in [0, 0.1) is 11.8 Å². The Balaban J connectivity index is 1.38. The quantitative estimate of drug-likeness (QED) is 0.862. The monoisotopic (exact) mass is 343 g/mol. The maximum atomic E-state index is 12.3. The zero-order chi connectivity index (χ0) is 17.8. The van der Waals surface area contributed by atoms with E-state index in [-0.39, 0.29) is 17.7 Å². The van der Waals surface area contributed by atoms with Gasteiger partial charge >= 0.3 is 0 Å². The molecule has 2 amide bonds. The summed E-state index contributed by atoms with van der Waals surface area (Å²) in [6, 6.07) is 10.9. The summed E-state index contributed by atoms with van der Waals surface area (Å²) in [5, 5.41) is 2.90. The van der Waals surface area contributed by atoms with Gasteiger partial charge in [-0.05, 0) is 37.3 Å². The van der Waals surface area contributed by atoms with Crippen LogP contribution in [0.2, 0.25) is 0 Å².